The lowest BCUT2D eigenvalue weighted by Gasteiger charge is -2.37. The van der Waals surface area contributed by atoms with Crippen molar-refractivity contribution in [3.63, 3.8) is 0 Å². The Labute approximate surface area is 233 Å². The van der Waals surface area contributed by atoms with E-state index in [9.17, 15) is 4.79 Å². The molecule has 210 valence electrons. The highest BCUT2D eigenvalue weighted by atomic mass is 16.7. The summed E-state index contributed by atoms with van der Waals surface area (Å²) in [6.45, 7) is 8.05. The van der Waals surface area contributed by atoms with Crippen molar-refractivity contribution >= 4 is 11.7 Å². The van der Waals surface area contributed by atoms with E-state index in [1.165, 1.54) is 5.69 Å². The Hall–Kier alpha value is -3.21. The van der Waals surface area contributed by atoms with Crippen LogP contribution in [0.25, 0.3) is 0 Å². The Morgan fingerprint density at radius 2 is 1.90 bits per heavy atom. The molecule has 0 bridgehead atoms. The first-order valence-electron chi connectivity index (χ1n) is 14.1. The van der Waals surface area contributed by atoms with Crippen LogP contribution in [0.2, 0.25) is 0 Å². The van der Waals surface area contributed by atoms with E-state index in [-0.39, 0.29) is 25.0 Å². The van der Waals surface area contributed by atoms with E-state index >= 15 is 0 Å². The summed E-state index contributed by atoms with van der Waals surface area (Å²) in [5.74, 6) is 7.38. The van der Waals surface area contributed by atoms with E-state index in [0.29, 0.717) is 5.92 Å². The molecule has 1 heterocycles. The minimum Gasteiger partial charge on any atom is -0.494 e. The van der Waals surface area contributed by atoms with E-state index in [1.807, 2.05) is 18.2 Å². The van der Waals surface area contributed by atoms with Gasteiger partial charge in [0.15, 0.2) is 6.79 Å². The molecule has 0 saturated carbocycles. The van der Waals surface area contributed by atoms with Crippen molar-refractivity contribution in [1.82, 2.24) is 4.90 Å². The SMILES string of the molecule is CC#C[C@@H](CC(=O)O)C1C=CC(OCC2CC=C(CN3CCN(c4ccc(OCOC)cc4)CC3)CC2)=CC1. The molecule has 1 aliphatic heterocycles. The molecule has 3 aliphatic rings. The van der Waals surface area contributed by atoms with E-state index in [0.717, 1.165) is 76.5 Å². The predicted octanol–water partition coefficient (Wildman–Crippen LogP) is 5.11. The smallest absolute Gasteiger partial charge is 0.304 e. The zero-order valence-corrected chi connectivity index (χ0v) is 23.3. The first kappa shape index (κ1) is 28.8. The lowest BCUT2D eigenvalue weighted by molar-refractivity contribution is -0.137. The van der Waals surface area contributed by atoms with Gasteiger partial charge in [0.25, 0.3) is 0 Å². The van der Waals surface area contributed by atoms with Crippen LogP contribution < -0.4 is 9.64 Å². The molecule has 1 aromatic rings. The largest absolute Gasteiger partial charge is 0.494 e. The summed E-state index contributed by atoms with van der Waals surface area (Å²) < 4.78 is 16.6. The number of carboxylic acid groups (broad SMARTS) is 1. The Kier molecular flexibility index (Phi) is 10.9. The molecule has 39 heavy (non-hydrogen) atoms. The average molecular weight is 535 g/mol. The number of benzene rings is 1. The molecule has 0 spiro atoms. The molecule has 1 fully saturated rings. The second kappa shape index (κ2) is 14.8. The standard InChI is InChI=1S/C32H42N2O5/c1-3-4-28(21-32(35)36)27-9-13-30(14-10-27)38-23-26-7-5-25(6-8-26)22-33-17-19-34(20-18-33)29-11-15-31(16-12-29)39-24-37-2/h5,9,11-16,26-28H,6-8,10,17-24H2,1-2H3,(H,35,36)/t26?,27?,28-/m0/s1. The van der Waals surface area contributed by atoms with Crippen molar-refractivity contribution in [2.45, 2.75) is 39.0 Å². The number of ether oxygens (including phenoxy) is 3. The molecule has 1 N–H and O–H groups in total. The molecule has 3 atom stereocenters. The zero-order valence-electron chi connectivity index (χ0n) is 23.3. The Balaban J connectivity index is 1.14. The third-order valence-electron chi connectivity index (χ3n) is 7.78. The van der Waals surface area contributed by atoms with Crippen molar-refractivity contribution in [1.29, 1.82) is 0 Å². The van der Waals surface area contributed by atoms with Gasteiger partial charge in [-0.2, -0.15) is 0 Å². The predicted molar refractivity (Wildman–Crippen MR) is 153 cm³/mol. The van der Waals surface area contributed by atoms with E-state index < -0.39 is 5.97 Å². The van der Waals surface area contributed by atoms with Crippen molar-refractivity contribution < 1.29 is 24.1 Å². The van der Waals surface area contributed by atoms with Gasteiger partial charge in [-0.3, -0.25) is 9.69 Å². The fraction of sp³-hybridized carbons (Fsp3) is 0.531. The summed E-state index contributed by atoms with van der Waals surface area (Å²) in [6, 6.07) is 8.26. The Morgan fingerprint density at radius 3 is 2.51 bits per heavy atom. The molecule has 2 aliphatic carbocycles. The van der Waals surface area contributed by atoms with Crippen molar-refractivity contribution in [2.75, 3.05) is 58.1 Å². The lowest BCUT2D eigenvalue weighted by Crippen LogP contribution is -2.47. The Morgan fingerprint density at radius 1 is 1.10 bits per heavy atom. The minimum atomic E-state index is -0.801. The summed E-state index contributed by atoms with van der Waals surface area (Å²) in [5.41, 5.74) is 2.80. The highest BCUT2D eigenvalue weighted by molar-refractivity contribution is 5.67. The van der Waals surface area contributed by atoms with Crippen LogP contribution in [0.4, 0.5) is 5.69 Å². The summed E-state index contributed by atoms with van der Waals surface area (Å²) >= 11 is 0. The van der Waals surface area contributed by atoms with Crippen molar-refractivity contribution in [2.24, 2.45) is 17.8 Å². The molecule has 0 aromatic heterocycles. The van der Waals surface area contributed by atoms with Crippen LogP contribution in [0.1, 0.15) is 39.0 Å². The minimum absolute atomic E-state index is 0.0750. The van der Waals surface area contributed by atoms with Gasteiger partial charge in [0.1, 0.15) is 11.5 Å². The van der Waals surface area contributed by atoms with Crippen LogP contribution >= 0.6 is 0 Å². The van der Waals surface area contributed by atoms with Gasteiger partial charge in [0.2, 0.25) is 0 Å². The molecule has 4 rings (SSSR count). The van der Waals surface area contributed by atoms with Crippen LogP contribution in [-0.4, -0.2) is 69.2 Å². The number of allylic oxidation sites excluding steroid dienone is 4. The molecule has 1 saturated heterocycles. The summed E-state index contributed by atoms with van der Waals surface area (Å²) in [4.78, 5) is 16.2. The van der Waals surface area contributed by atoms with E-state index in [2.05, 4.69) is 52.0 Å². The maximum absolute atomic E-state index is 11.2. The maximum Gasteiger partial charge on any atom is 0.304 e. The molecule has 7 heteroatoms. The maximum atomic E-state index is 11.2. The highest BCUT2D eigenvalue weighted by Gasteiger charge is 2.23. The number of anilines is 1. The molecular formula is C32H42N2O5. The monoisotopic (exact) mass is 534 g/mol. The van der Waals surface area contributed by atoms with Gasteiger partial charge in [0, 0.05) is 51.4 Å². The van der Waals surface area contributed by atoms with Crippen LogP contribution in [0.15, 0.2) is 59.9 Å². The molecule has 2 unspecified atom stereocenters. The first-order valence-corrected chi connectivity index (χ1v) is 14.1. The number of hydrogen-bond donors (Lipinski definition) is 1. The molecule has 1 aromatic carbocycles. The van der Waals surface area contributed by atoms with Gasteiger partial charge in [-0.05, 0) is 80.9 Å². The van der Waals surface area contributed by atoms with Crippen LogP contribution in [0.3, 0.4) is 0 Å². The number of carboxylic acids is 1. The van der Waals surface area contributed by atoms with Crippen molar-refractivity contribution in [3.05, 3.63) is 59.9 Å². The third kappa shape index (κ3) is 8.91. The van der Waals surface area contributed by atoms with Crippen LogP contribution in [-0.2, 0) is 14.3 Å². The van der Waals surface area contributed by atoms with Gasteiger partial charge in [0.05, 0.1) is 13.0 Å². The average Bonchev–Trinajstić information content (AvgIpc) is 2.96. The fourth-order valence-corrected chi connectivity index (χ4v) is 5.49. The number of methoxy groups -OCH3 is 1. The van der Waals surface area contributed by atoms with Crippen LogP contribution in [0, 0.1) is 29.6 Å². The molecule has 7 nitrogen and oxygen atoms in total. The second-order valence-corrected chi connectivity index (χ2v) is 10.6. The summed E-state index contributed by atoms with van der Waals surface area (Å²) in [5, 5.41) is 9.17. The molecule has 0 amide bonds. The highest BCUT2D eigenvalue weighted by Crippen LogP contribution is 2.29. The topological polar surface area (TPSA) is 71.5 Å². The van der Waals surface area contributed by atoms with Gasteiger partial charge >= 0.3 is 5.97 Å². The zero-order chi connectivity index (χ0) is 27.5. The number of hydrogen-bond acceptors (Lipinski definition) is 6. The Bertz CT molecular complexity index is 1090. The van der Waals surface area contributed by atoms with E-state index in [4.69, 9.17) is 19.3 Å². The molecule has 0 radical (unpaired) electrons. The van der Waals surface area contributed by atoms with Gasteiger partial charge < -0.3 is 24.2 Å². The fourth-order valence-electron chi connectivity index (χ4n) is 5.49. The lowest BCUT2D eigenvalue weighted by atomic mass is 9.85. The van der Waals surface area contributed by atoms with Crippen molar-refractivity contribution in [3.8, 4) is 17.6 Å². The first-order chi connectivity index (χ1) is 19.0. The quantitative estimate of drug-likeness (QED) is 0.227. The van der Waals surface area contributed by atoms with Crippen LogP contribution in [0.5, 0.6) is 5.75 Å². The number of nitrogens with zero attached hydrogens (tertiary/aromatic N) is 2. The summed E-state index contributed by atoms with van der Waals surface area (Å²) in [7, 11) is 1.63. The summed E-state index contributed by atoms with van der Waals surface area (Å²) in [6.07, 6.45) is 12.8. The number of piperazine rings is 1. The normalized spacial score (nSPS) is 22.3. The number of rotatable bonds is 12. The third-order valence-corrected chi connectivity index (χ3v) is 7.78. The second-order valence-electron chi connectivity index (χ2n) is 10.6. The van der Waals surface area contributed by atoms with Gasteiger partial charge in [-0.25, -0.2) is 0 Å². The van der Waals surface area contributed by atoms with E-state index in [1.54, 1.807) is 19.6 Å². The number of aliphatic carboxylic acids is 1. The van der Waals surface area contributed by atoms with Gasteiger partial charge in [-0.15, -0.1) is 5.92 Å². The number of carbonyl (C=O) groups is 1. The molecular weight excluding hydrogens is 492 g/mol. The van der Waals surface area contributed by atoms with Gasteiger partial charge in [-0.1, -0.05) is 23.6 Å².